The molecule has 7 heteroatoms. The Bertz CT molecular complexity index is 1010. The molecule has 1 amide bonds. The van der Waals surface area contributed by atoms with Gasteiger partial charge < -0.3 is 5.32 Å². The predicted molar refractivity (Wildman–Crippen MR) is 117 cm³/mol. The van der Waals surface area contributed by atoms with Gasteiger partial charge in [0.15, 0.2) is 0 Å². The fourth-order valence-corrected chi connectivity index (χ4v) is 2.78. The Kier molecular flexibility index (Phi) is 7.40. The average Bonchev–Trinajstić information content (AvgIpc) is 3.03. The fraction of sp³-hybridized carbons (Fsp3) is 0.143. The Balaban J connectivity index is 0.000000203. The first-order valence-corrected chi connectivity index (χ1v) is 9.32. The molecule has 1 N–H and O–H groups in total. The lowest BCUT2D eigenvalue weighted by molar-refractivity contribution is -0.105. The van der Waals surface area contributed by atoms with Crippen molar-refractivity contribution >= 4 is 40.3 Å². The van der Waals surface area contributed by atoms with Gasteiger partial charge >= 0.3 is 0 Å². The maximum absolute atomic E-state index is 10.1. The lowest BCUT2D eigenvalue weighted by Crippen LogP contribution is -2.01. The summed E-state index contributed by atoms with van der Waals surface area (Å²) in [6.07, 6.45) is 3.89. The minimum absolute atomic E-state index is 0.510. The lowest BCUT2D eigenvalue weighted by Gasteiger charge is -2.08. The number of halogens is 1. The van der Waals surface area contributed by atoms with Crippen LogP contribution in [0.5, 0.6) is 0 Å². The summed E-state index contributed by atoms with van der Waals surface area (Å²) in [5, 5.41) is 10.7. The number of amides is 1. The molecule has 3 aromatic rings. The van der Waals surface area contributed by atoms with Gasteiger partial charge in [0, 0.05) is 4.47 Å². The third-order valence-electron chi connectivity index (χ3n) is 4.17. The summed E-state index contributed by atoms with van der Waals surface area (Å²) in [6, 6.07) is 9.60. The molecule has 0 bridgehead atoms. The van der Waals surface area contributed by atoms with E-state index in [2.05, 4.69) is 56.6 Å². The number of aryl methyl sites for hydroxylation is 1. The van der Waals surface area contributed by atoms with Gasteiger partial charge in [-0.2, -0.15) is 0 Å². The quantitative estimate of drug-likeness (QED) is 0.574. The van der Waals surface area contributed by atoms with Gasteiger partial charge in [-0.1, -0.05) is 46.4 Å². The molecule has 0 aliphatic carbocycles. The van der Waals surface area contributed by atoms with Crippen LogP contribution in [0.25, 0.3) is 17.8 Å². The van der Waals surface area contributed by atoms with E-state index in [4.69, 9.17) is 0 Å². The lowest BCUT2D eigenvalue weighted by atomic mass is 10.2. The van der Waals surface area contributed by atoms with E-state index in [1.807, 2.05) is 42.8 Å². The van der Waals surface area contributed by atoms with Gasteiger partial charge in [0.2, 0.25) is 6.41 Å². The van der Waals surface area contributed by atoms with Crippen molar-refractivity contribution in [2.45, 2.75) is 20.8 Å². The molecule has 2 heterocycles. The van der Waals surface area contributed by atoms with E-state index in [0.717, 1.165) is 27.1 Å². The zero-order valence-corrected chi connectivity index (χ0v) is 17.7. The van der Waals surface area contributed by atoms with E-state index in [9.17, 15) is 4.79 Å². The van der Waals surface area contributed by atoms with E-state index in [-0.39, 0.29) is 0 Å². The van der Waals surface area contributed by atoms with Crippen LogP contribution in [-0.2, 0) is 4.79 Å². The second-order valence-corrected chi connectivity index (χ2v) is 6.75. The van der Waals surface area contributed by atoms with Gasteiger partial charge in [0.25, 0.3) is 0 Å². The molecule has 28 heavy (non-hydrogen) atoms. The van der Waals surface area contributed by atoms with Crippen LogP contribution in [0, 0.1) is 20.8 Å². The Morgan fingerprint density at radius 2 is 1.86 bits per heavy atom. The maximum Gasteiger partial charge on any atom is 0.212 e. The summed E-state index contributed by atoms with van der Waals surface area (Å²) >= 11 is 3.51. The van der Waals surface area contributed by atoms with Crippen molar-refractivity contribution in [3.63, 3.8) is 0 Å². The van der Waals surface area contributed by atoms with Crippen LogP contribution in [0.2, 0.25) is 0 Å². The number of nitrogens with zero attached hydrogens (tertiary/aromatic N) is 4. The monoisotopic (exact) mass is 439 g/mol. The smallest absolute Gasteiger partial charge is 0.212 e. The van der Waals surface area contributed by atoms with Crippen molar-refractivity contribution in [1.82, 2.24) is 20.0 Å². The summed E-state index contributed by atoms with van der Waals surface area (Å²) < 4.78 is 2.96. The summed E-state index contributed by atoms with van der Waals surface area (Å²) in [4.78, 5) is 14.3. The highest BCUT2D eigenvalue weighted by molar-refractivity contribution is 9.10. The number of hydrogen-bond acceptors (Lipinski definition) is 4. The Hall–Kier alpha value is -3.06. The highest BCUT2D eigenvalue weighted by Crippen LogP contribution is 2.23. The van der Waals surface area contributed by atoms with E-state index in [0.29, 0.717) is 17.9 Å². The number of hydrogen-bond donors (Lipinski definition) is 1. The molecular weight excluding hydrogens is 418 g/mol. The summed E-state index contributed by atoms with van der Waals surface area (Å²) in [6.45, 7) is 13.3. The zero-order valence-electron chi connectivity index (χ0n) is 16.1. The maximum atomic E-state index is 10.1. The van der Waals surface area contributed by atoms with E-state index in [1.54, 1.807) is 18.2 Å². The number of nitrogens with one attached hydrogen (secondary N) is 1. The van der Waals surface area contributed by atoms with Crippen molar-refractivity contribution in [3.05, 3.63) is 76.2 Å². The summed E-state index contributed by atoms with van der Waals surface area (Å²) in [7, 11) is 0. The molecule has 144 valence electrons. The van der Waals surface area contributed by atoms with E-state index in [1.165, 1.54) is 5.56 Å². The van der Waals surface area contributed by atoms with Crippen LogP contribution < -0.4 is 5.32 Å². The van der Waals surface area contributed by atoms with Crippen molar-refractivity contribution in [2.24, 2.45) is 0 Å². The topological polar surface area (TPSA) is 72.7 Å². The standard InChI is InChI=1S/C11H12BrN3.C10H10N2O/c1-7-10(12)5-4-6-11(7)15-9(3)8(2)13-14-15;1-3-8-5-6-10(11-7-13)12-9(8)4-2/h4-6H,1-3H3;3-7H,1-2H2,(H,11,12,13). The molecular formula is C21H22BrN5O. The number of carbonyl (C=O) groups is 1. The van der Waals surface area contributed by atoms with Crippen LogP contribution in [0.1, 0.15) is 28.2 Å². The van der Waals surface area contributed by atoms with Crippen LogP contribution in [0.15, 0.2) is 48.0 Å². The first-order valence-electron chi connectivity index (χ1n) is 8.53. The molecule has 0 atom stereocenters. The van der Waals surface area contributed by atoms with Crippen LogP contribution >= 0.6 is 15.9 Å². The van der Waals surface area contributed by atoms with Gasteiger partial charge in [0.05, 0.1) is 22.8 Å². The summed E-state index contributed by atoms with van der Waals surface area (Å²) in [5.74, 6) is 0.510. The van der Waals surface area contributed by atoms with Crippen molar-refractivity contribution in [2.75, 3.05) is 5.32 Å². The molecule has 0 saturated carbocycles. The van der Waals surface area contributed by atoms with Crippen molar-refractivity contribution in [1.29, 1.82) is 0 Å². The first kappa shape index (κ1) is 21.2. The number of pyridine rings is 1. The summed E-state index contributed by atoms with van der Waals surface area (Å²) in [5.41, 5.74) is 5.90. The number of anilines is 1. The third-order valence-corrected chi connectivity index (χ3v) is 5.03. The van der Waals surface area contributed by atoms with Gasteiger partial charge in [0.1, 0.15) is 5.82 Å². The number of rotatable bonds is 5. The van der Waals surface area contributed by atoms with Gasteiger partial charge in [-0.05, 0) is 62.2 Å². The molecule has 0 fully saturated rings. The molecule has 0 aliphatic heterocycles. The molecule has 1 aromatic carbocycles. The fourth-order valence-electron chi connectivity index (χ4n) is 2.42. The van der Waals surface area contributed by atoms with Crippen LogP contribution in [0.4, 0.5) is 5.82 Å². The third kappa shape index (κ3) is 4.80. The van der Waals surface area contributed by atoms with Gasteiger partial charge in [-0.15, -0.1) is 5.10 Å². The largest absolute Gasteiger partial charge is 0.313 e. The average molecular weight is 440 g/mol. The second-order valence-electron chi connectivity index (χ2n) is 5.90. The minimum atomic E-state index is 0.510. The normalized spacial score (nSPS) is 9.86. The zero-order chi connectivity index (χ0) is 20.7. The Morgan fingerprint density at radius 3 is 2.43 bits per heavy atom. The van der Waals surface area contributed by atoms with Crippen LogP contribution in [0.3, 0.4) is 0 Å². The van der Waals surface area contributed by atoms with Gasteiger partial charge in [-0.3, -0.25) is 4.79 Å². The molecule has 0 radical (unpaired) electrons. The van der Waals surface area contributed by atoms with Crippen molar-refractivity contribution in [3.8, 4) is 5.69 Å². The first-order chi connectivity index (χ1) is 13.4. The van der Waals surface area contributed by atoms with Crippen LogP contribution in [-0.4, -0.2) is 26.4 Å². The van der Waals surface area contributed by atoms with E-state index < -0.39 is 0 Å². The molecule has 6 nitrogen and oxygen atoms in total. The molecule has 3 rings (SSSR count). The molecule has 0 saturated heterocycles. The highest BCUT2D eigenvalue weighted by atomic mass is 79.9. The van der Waals surface area contributed by atoms with Crippen molar-refractivity contribution < 1.29 is 4.79 Å². The highest BCUT2D eigenvalue weighted by Gasteiger charge is 2.09. The molecule has 2 aromatic heterocycles. The Labute approximate surface area is 173 Å². The molecule has 0 unspecified atom stereocenters. The number of carbonyl (C=O) groups excluding carboxylic acids is 1. The molecule has 0 spiro atoms. The van der Waals surface area contributed by atoms with Gasteiger partial charge in [-0.25, -0.2) is 9.67 Å². The number of benzene rings is 1. The minimum Gasteiger partial charge on any atom is -0.313 e. The SMILES string of the molecule is C=Cc1ccc(NC=O)nc1C=C.Cc1nnn(-c2cccc(Br)c2C)c1C. The predicted octanol–water partition coefficient (Wildman–Crippen LogP) is 4.89. The second kappa shape index (κ2) is 9.75. The van der Waals surface area contributed by atoms with E-state index >= 15 is 0 Å². The number of aromatic nitrogens is 4. The Morgan fingerprint density at radius 1 is 1.11 bits per heavy atom. The molecule has 0 aliphatic rings.